The molecule has 0 spiro atoms. The Labute approximate surface area is 109 Å². The normalized spacial score (nSPS) is 8.29. The van der Waals surface area contributed by atoms with Crippen molar-refractivity contribution in [2.45, 2.75) is 0 Å². The summed E-state index contributed by atoms with van der Waals surface area (Å²) in [5.74, 6) is 0. The molecule has 0 radical (unpaired) electrons. The third-order valence-electron chi connectivity index (χ3n) is 0. The molecule has 0 aliphatic heterocycles. The van der Waals surface area contributed by atoms with Crippen LogP contribution in [0.4, 0.5) is 0 Å². The van der Waals surface area contributed by atoms with E-state index in [-0.39, 0.29) is 80.9 Å². The van der Waals surface area contributed by atoms with Crippen LogP contribution in [0.5, 0.6) is 0 Å². The van der Waals surface area contributed by atoms with E-state index in [4.69, 9.17) is 14.3 Å². The predicted molar refractivity (Wildman–Crippen MR) is 1.37 cm³/mol. The van der Waals surface area contributed by atoms with Crippen LogP contribution in [-0.4, -0.2) is 0 Å². The van der Waals surface area contributed by atoms with Crippen molar-refractivity contribution in [2.75, 3.05) is 0 Å². The Morgan fingerprint density at radius 3 is 1.14 bits per heavy atom. The molecule has 0 bridgehead atoms. The molecular formula is KMoNaO4. The molecule has 7 heavy (non-hydrogen) atoms. The third-order valence-corrected chi connectivity index (χ3v) is 0. The molecular weight excluding hydrogens is 222 g/mol. The zero-order chi connectivity index (χ0) is 4.50. The Morgan fingerprint density at radius 2 is 1.14 bits per heavy atom. The molecule has 0 N–H and O–H groups in total. The zero-order valence-electron chi connectivity index (χ0n) is 4.04. The summed E-state index contributed by atoms with van der Waals surface area (Å²) in [6.07, 6.45) is 0. The van der Waals surface area contributed by atoms with Gasteiger partial charge in [0.2, 0.25) is 0 Å². The van der Waals surface area contributed by atoms with Gasteiger partial charge in [0, 0.05) is 0 Å². The summed E-state index contributed by atoms with van der Waals surface area (Å²) < 4.78 is 34.5. The average molecular weight is 222 g/mol. The Balaban J connectivity index is -0.0000000800. The molecule has 0 aromatic heterocycles. The second-order valence-corrected chi connectivity index (χ2v) is 2.42. The van der Waals surface area contributed by atoms with Crippen LogP contribution in [0, 0.1) is 0 Å². The number of hydrogen-bond donors (Lipinski definition) is 0. The van der Waals surface area contributed by atoms with Gasteiger partial charge in [-0.2, -0.15) is 0 Å². The Kier molecular flexibility index (Phi) is 16.3. The average Bonchev–Trinajstić information content (AvgIpc) is 0.722. The first-order valence-corrected chi connectivity index (χ1v) is 3.94. The first kappa shape index (κ1) is 16.4. The van der Waals surface area contributed by atoms with Gasteiger partial charge in [-0.15, -0.1) is 0 Å². The van der Waals surface area contributed by atoms with E-state index in [1.54, 1.807) is 0 Å². The van der Waals surface area contributed by atoms with Crippen molar-refractivity contribution in [3.63, 3.8) is 0 Å². The van der Waals surface area contributed by atoms with Gasteiger partial charge in [0.25, 0.3) is 0 Å². The fraction of sp³-hybridized carbons (Fsp3) is 0. The van der Waals surface area contributed by atoms with E-state index in [0.717, 1.165) is 0 Å². The molecule has 0 atom stereocenters. The van der Waals surface area contributed by atoms with Crippen molar-refractivity contribution in [1.82, 2.24) is 0 Å². The summed E-state index contributed by atoms with van der Waals surface area (Å²) in [6.45, 7) is 0. The number of rotatable bonds is 0. The Morgan fingerprint density at radius 1 is 1.14 bits per heavy atom. The molecule has 0 aromatic rings. The van der Waals surface area contributed by atoms with Crippen molar-refractivity contribution in [1.29, 1.82) is 0 Å². The summed E-state index contributed by atoms with van der Waals surface area (Å²) in [4.78, 5) is 0. The molecule has 0 heterocycles. The van der Waals surface area contributed by atoms with Crippen LogP contribution in [0.1, 0.15) is 0 Å². The second-order valence-electron chi connectivity index (χ2n) is 0.408. The van der Waals surface area contributed by atoms with Crippen LogP contribution in [0.2, 0.25) is 0 Å². The summed E-state index contributed by atoms with van der Waals surface area (Å²) in [6, 6.07) is 0. The quantitative estimate of drug-likeness (QED) is 0.381. The molecule has 32 valence electrons. The van der Waals surface area contributed by atoms with E-state index in [9.17, 15) is 0 Å². The molecule has 0 unspecified atom stereocenters. The maximum absolute atomic E-state index is 8.63. The summed E-state index contributed by atoms with van der Waals surface area (Å²) >= 11 is -6.02. The minimum atomic E-state index is -6.02. The molecule has 0 saturated carbocycles. The van der Waals surface area contributed by atoms with Crippen LogP contribution in [0.25, 0.3) is 0 Å². The summed E-state index contributed by atoms with van der Waals surface area (Å²) in [7, 11) is 0. The van der Waals surface area contributed by atoms with Gasteiger partial charge in [-0.1, -0.05) is 0 Å². The molecule has 4 nitrogen and oxygen atoms in total. The van der Waals surface area contributed by atoms with Gasteiger partial charge in [0.05, 0.1) is 0 Å². The SMILES string of the molecule is [K+].[Na+].[O]=[Mo](=[O])([O-])[O-]. The molecule has 0 aliphatic rings. The third kappa shape index (κ3) is 51.2. The van der Waals surface area contributed by atoms with Crippen molar-refractivity contribution in [2.24, 2.45) is 0 Å². The molecule has 0 aliphatic carbocycles. The van der Waals surface area contributed by atoms with Crippen molar-refractivity contribution < 1.29 is 112 Å². The fourth-order valence-corrected chi connectivity index (χ4v) is 0. The summed E-state index contributed by atoms with van der Waals surface area (Å²) in [5, 5.41) is 0. The van der Waals surface area contributed by atoms with E-state index in [1.165, 1.54) is 0 Å². The van der Waals surface area contributed by atoms with Gasteiger partial charge in [0.15, 0.2) is 0 Å². The topological polar surface area (TPSA) is 80.3 Å². The predicted octanol–water partition coefficient (Wildman–Crippen LogP) is -8.61. The molecule has 0 rings (SSSR count). The van der Waals surface area contributed by atoms with E-state index >= 15 is 0 Å². The van der Waals surface area contributed by atoms with Crippen molar-refractivity contribution >= 4 is 0 Å². The first-order valence-electron chi connectivity index (χ1n) is 0.667. The fourth-order valence-electron chi connectivity index (χ4n) is 0. The zero-order valence-corrected chi connectivity index (χ0v) is 11.2. The van der Waals surface area contributed by atoms with Crippen LogP contribution < -0.4 is 88.5 Å². The Hall–Kier alpha value is 2.84. The van der Waals surface area contributed by atoms with E-state index in [2.05, 4.69) is 0 Å². The monoisotopic (exact) mass is 224 g/mol. The molecule has 0 fully saturated rings. The standard InChI is InChI=1S/K.Mo.Na.4O/q+1;;+1;;;2*-1. The van der Waals surface area contributed by atoms with Gasteiger partial charge in [0.1, 0.15) is 0 Å². The van der Waals surface area contributed by atoms with Crippen LogP contribution in [-0.2, 0) is 23.5 Å². The van der Waals surface area contributed by atoms with Gasteiger partial charge in [-0.25, -0.2) is 0 Å². The van der Waals surface area contributed by atoms with Crippen molar-refractivity contribution in [3.8, 4) is 0 Å². The maximum atomic E-state index is 8.63. The van der Waals surface area contributed by atoms with E-state index in [1.807, 2.05) is 0 Å². The van der Waals surface area contributed by atoms with Crippen LogP contribution in [0.15, 0.2) is 0 Å². The minimum absolute atomic E-state index is 0. The van der Waals surface area contributed by atoms with Gasteiger partial charge in [-0.3, -0.25) is 0 Å². The number of hydrogen-bond acceptors (Lipinski definition) is 4. The van der Waals surface area contributed by atoms with Crippen LogP contribution in [0.3, 0.4) is 0 Å². The molecule has 0 aromatic carbocycles. The first-order chi connectivity index (χ1) is 2.00. The molecule has 0 amide bonds. The van der Waals surface area contributed by atoms with E-state index < -0.39 is 16.7 Å². The van der Waals surface area contributed by atoms with Gasteiger partial charge in [-0.05, 0) is 0 Å². The summed E-state index contributed by atoms with van der Waals surface area (Å²) in [5.41, 5.74) is 0. The second kappa shape index (κ2) is 6.96. The van der Waals surface area contributed by atoms with Crippen LogP contribution >= 0.6 is 0 Å². The molecule has 0 saturated heterocycles. The molecule has 7 heteroatoms. The van der Waals surface area contributed by atoms with Gasteiger partial charge < -0.3 is 0 Å². The Bertz CT molecular complexity index is 94.9. The van der Waals surface area contributed by atoms with E-state index in [0.29, 0.717) is 0 Å². The van der Waals surface area contributed by atoms with Gasteiger partial charge >= 0.3 is 112 Å². The van der Waals surface area contributed by atoms with Crippen molar-refractivity contribution in [3.05, 3.63) is 0 Å².